The number of carbonyl (C=O) groups excluding carboxylic acids is 4. The Morgan fingerprint density at radius 3 is 0.701 bits per heavy atom. The van der Waals surface area contributed by atoms with Crippen LogP contribution in [0.25, 0.3) is 0 Å². The molecule has 576 valence electrons. The first-order chi connectivity index (χ1) is 46.9. The molecule has 0 amide bonds. The number of aliphatic hydroxyl groups is 1. The maximum Gasteiger partial charge on any atom is 0.472 e. The number of carbonyl (C=O) groups is 4. The molecule has 3 N–H and O–H groups in total. The fourth-order valence-corrected chi connectivity index (χ4v) is 13.6. The number of phosphoric acid groups is 2. The Bertz CT molecular complexity index is 1870. The molecule has 0 aromatic rings. The smallest absolute Gasteiger partial charge is 0.462 e. The summed E-state index contributed by atoms with van der Waals surface area (Å²) in [5, 5.41) is 10.6. The molecule has 0 saturated heterocycles. The van der Waals surface area contributed by atoms with Crippen LogP contribution in [0.15, 0.2) is 0 Å². The molecule has 0 spiro atoms. The van der Waals surface area contributed by atoms with Gasteiger partial charge in [0.15, 0.2) is 12.2 Å². The molecule has 97 heavy (non-hydrogen) atoms. The maximum absolute atomic E-state index is 13.1. The molecule has 0 radical (unpaired) electrons. The van der Waals surface area contributed by atoms with Gasteiger partial charge in [0.05, 0.1) is 26.4 Å². The van der Waals surface area contributed by atoms with Gasteiger partial charge in [-0.25, -0.2) is 9.13 Å². The lowest BCUT2D eigenvalue weighted by Crippen LogP contribution is -2.30. The van der Waals surface area contributed by atoms with E-state index in [-0.39, 0.29) is 25.7 Å². The largest absolute Gasteiger partial charge is 0.472 e. The number of hydrogen-bond donors (Lipinski definition) is 3. The molecule has 2 unspecified atom stereocenters. The summed E-state index contributed by atoms with van der Waals surface area (Å²) in [5.41, 5.74) is 0. The molecule has 0 aromatic carbocycles. The number of unbranched alkanes of at least 4 members (excludes halogenated alkanes) is 47. The Morgan fingerprint density at radius 2 is 0.474 bits per heavy atom. The van der Waals surface area contributed by atoms with Gasteiger partial charge in [0.2, 0.25) is 0 Å². The summed E-state index contributed by atoms with van der Waals surface area (Å²) in [4.78, 5) is 72.8. The van der Waals surface area contributed by atoms with Gasteiger partial charge in [0.1, 0.15) is 19.3 Å². The lowest BCUT2D eigenvalue weighted by atomic mass is 10.0. The van der Waals surface area contributed by atoms with Crippen LogP contribution in [0.2, 0.25) is 0 Å². The highest BCUT2D eigenvalue weighted by molar-refractivity contribution is 7.47. The summed E-state index contributed by atoms with van der Waals surface area (Å²) in [6.45, 7) is 9.61. The van der Waals surface area contributed by atoms with Gasteiger partial charge in [-0.15, -0.1) is 0 Å². The Labute approximate surface area is 594 Å². The molecule has 0 aromatic heterocycles. The Hall–Kier alpha value is -1.94. The fourth-order valence-electron chi connectivity index (χ4n) is 12.0. The highest BCUT2D eigenvalue weighted by atomic mass is 31.2. The normalized spacial score (nSPS) is 14.0. The van der Waals surface area contributed by atoms with E-state index in [2.05, 4.69) is 41.5 Å². The van der Waals surface area contributed by atoms with Crippen LogP contribution in [0.3, 0.4) is 0 Å². The minimum Gasteiger partial charge on any atom is -0.462 e. The van der Waals surface area contributed by atoms with E-state index in [9.17, 15) is 43.2 Å². The zero-order chi connectivity index (χ0) is 71.4. The van der Waals surface area contributed by atoms with E-state index in [0.717, 1.165) is 108 Å². The predicted octanol–water partition coefficient (Wildman–Crippen LogP) is 23.1. The van der Waals surface area contributed by atoms with Crippen molar-refractivity contribution in [2.75, 3.05) is 39.6 Å². The van der Waals surface area contributed by atoms with Gasteiger partial charge in [-0.3, -0.25) is 37.3 Å². The molecular weight excluding hydrogens is 1270 g/mol. The molecule has 17 nitrogen and oxygen atoms in total. The number of phosphoric ester groups is 2. The number of hydrogen-bond acceptors (Lipinski definition) is 15. The van der Waals surface area contributed by atoms with Crippen LogP contribution in [-0.2, 0) is 65.4 Å². The summed E-state index contributed by atoms with van der Waals surface area (Å²) in [6.07, 6.45) is 58.3. The van der Waals surface area contributed by atoms with Gasteiger partial charge in [0, 0.05) is 25.7 Å². The minimum atomic E-state index is -4.96. The average molecular weight is 1420 g/mol. The van der Waals surface area contributed by atoms with Gasteiger partial charge < -0.3 is 33.8 Å². The summed E-state index contributed by atoms with van der Waals surface area (Å²) < 4.78 is 68.5. The third-order valence-electron chi connectivity index (χ3n) is 18.2. The third-order valence-corrected chi connectivity index (χ3v) is 20.1. The summed E-state index contributed by atoms with van der Waals surface area (Å²) in [5.74, 6) is -0.553. The summed E-state index contributed by atoms with van der Waals surface area (Å²) >= 11 is 0. The molecule has 0 aliphatic heterocycles. The van der Waals surface area contributed by atoms with E-state index < -0.39 is 97.5 Å². The zero-order valence-electron chi connectivity index (χ0n) is 63.4. The van der Waals surface area contributed by atoms with Crippen molar-refractivity contribution >= 4 is 39.5 Å². The monoisotopic (exact) mass is 1420 g/mol. The quantitative estimate of drug-likeness (QED) is 0.0222. The van der Waals surface area contributed by atoms with Crippen molar-refractivity contribution in [3.8, 4) is 0 Å². The molecule has 5 atom stereocenters. The lowest BCUT2D eigenvalue weighted by Gasteiger charge is -2.21. The third kappa shape index (κ3) is 72.2. The van der Waals surface area contributed by atoms with Gasteiger partial charge in [-0.2, -0.15) is 0 Å². The first kappa shape index (κ1) is 95.1. The van der Waals surface area contributed by atoms with E-state index in [4.69, 9.17) is 37.0 Å². The Balaban J connectivity index is 5.20. The van der Waals surface area contributed by atoms with Crippen molar-refractivity contribution in [1.29, 1.82) is 0 Å². The molecule has 19 heteroatoms. The predicted molar refractivity (Wildman–Crippen MR) is 395 cm³/mol. The summed E-state index contributed by atoms with van der Waals surface area (Å²) in [6, 6.07) is 0. The van der Waals surface area contributed by atoms with Gasteiger partial charge >= 0.3 is 39.5 Å². The van der Waals surface area contributed by atoms with E-state index in [1.165, 1.54) is 218 Å². The standard InChI is InChI=1S/C78H152O17P2/c1-7-9-11-13-15-17-18-19-20-21-25-28-31-37-43-49-55-61-76(81)89-67-74(95-77(82)62-56-50-44-38-32-29-26-23-22-24-27-30-35-40-46-52-58-70(3)4)69-93-97(86,87)91-65-72(79)64-90-96(84,85)92-68-73(66-88-75(80)60-54-48-42-16-14-12-10-8-2)94-78(83)63-57-51-45-39-34-33-36-41-47-53-59-71(5)6/h70-74,79H,7-69H2,1-6H3,(H,84,85)(H,86,87)/t72-,73+,74+/m0/s1. The molecule has 0 fully saturated rings. The van der Waals surface area contributed by atoms with Crippen LogP contribution in [0.1, 0.15) is 408 Å². The van der Waals surface area contributed by atoms with Crippen molar-refractivity contribution < 1.29 is 80.2 Å². The van der Waals surface area contributed by atoms with Crippen LogP contribution >= 0.6 is 15.6 Å². The van der Waals surface area contributed by atoms with Crippen LogP contribution in [0, 0.1) is 11.8 Å². The van der Waals surface area contributed by atoms with Crippen molar-refractivity contribution in [1.82, 2.24) is 0 Å². The highest BCUT2D eigenvalue weighted by Gasteiger charge is 2.30. The molecule has 0 heterocycles. The zero-order valence-corrected chi connectivity index (χ0v) is 65.2. The van der Waals surface area contributed by atoms with E-state index >= 15 is 0 Å². The number of ether oxygens (including phenoxy) is 4. The van der Waals surface area contributed by atoms with Crippen LogP contribution in [-0.4, -0.2) is 96.7 Å². The molecule has 0 aliphatic carbocycles. The Morgan fingerprint density at radius 1 is 0.278 bits per heavy atom. The summed E-state index contributed by atoms with van der Waals surface area (Å²) in [7, 11) is -9.91. The highest BCUT2D eigenvalue weighted by Crippen LogP contribution is 2.45. The van der Waals surface area contributed by atoms with Gasteiger partial charge in [-0.05, 0) is 37.5 Å². The number of esters is 4. The van der Waals surface area contributed by atoms with Crippen LogP contribution < -0.4 is 0 Å². The maximum atomic E-state index is 13.1. The molecule has 0 rings (SSSR count). The van der Waals surface area contributed by atoms with Gasteiger partial charge in [-0.1, -0.05) is 356 Å². The topological polar surface area (TPSA) is 237 Å². The van der Waals surface area contributed by atoms with E-state index in [0.29, 0.717) is 25.7 Å². The van der Waals surface area contributed by atoms with Crippen molar-refractivity contribution in [3.63, 3.8) is 0 Å². The van der Waals surface area contributed by atoms with Crippen LogP contribution in [0.4, 0.5) is 0 Å². The van der Waals surface area contributed by atoms with Crippen molar-refractivity contribution in [2.24, 2.45) is 11.8 Å². The number of aliphatic hydroxyl groups excluding tert-OH is 1. The van der Waals surface area contributed by atoms with Crippen LogP contribution in [0.5, 0.6) is 0 Å². The Kier molecular flexibility index (Phi) is 68.4. The fraction of sp³-hybridized carbons (Fsp3) is 0.949. The first-order valence-corrected chi connectivity index (χ1v) is 43.5. The SMILES string of the molecule is CCCCCCCCCCCCCCCCCCCC(=O)OC[C@H](COP(=O)(O)OC[C@@H](O)COP(=O)(O)OC[C@@H](COC(=O)CCCCCCCCCC)OC(=O)CCCCCCCCCCCCC(C)C)OC(=O)CCCCCCCCCCCCCCCCCCC(C)C. The second-order valence-corrected chi connectivity index (χ2v) is 32.0. The second-order valence-electron chi connectivity index (χ2n) is 29.1. The molecule has 0 aliphatic rings. The van der Waals surface area contributed by atoms with Gasteiger partial charge in [0.25, 0.3) is 0 Å². The van der Waals surface area contributed by atoms with E-state index in [1.54, 1.807) is 0 Å². The molecule has 0 bridgehead atoms. The second kappa shape index (κ2) is 69.8. The van der Waals surface area contributed by atoms with E-state index in [1.807, 2.05) is 0 Å². The molecule has 0 saturated carbocycles. The lowest BCUT2D eigenvalue weighted by molar-refractivity contribution is -0.161. The first-order valence-electron chi connectivity index (χ1n) is 40.5. The average Bonchev–Trinajstić information content (AvgIpc) is 2.34. The molecular formula is C78H152O17P2. The van der Waals surface area contributed by atoms with Crippen molar-refractivity contribution in [3.05, 3.63) is 0 Å². The minimum absolute atomic E-state index is 0.106. The number of rotatable bonds is 77. The van der Waals surface area contributed by atoms with Crippen molar-refractivity contribution in [2.45, 2.75) is 426 Å².